The first-order valence-corrected chi connectivity index (χ1v) is 7.27. The van der Waals surface area contributed by atoms with Gasteiger partial charge in [0.05, 0.1) is 13.2 Å². The molecule has 0 aromatic heterocycles. The molecule has 21 heavy (non-hydrogen) atoms. The summed E-state index contributed by atoms with van der Waals surface area (Å²) in [5.41, 5.74) is 1.06. The lowest BCUT2D eigenvalue weighted by molar-refractivity contribution is -0.137. The summed E-state index contributed by atoms with van der Waals surface area (Å²) in [6, 6.07) is 7.78. The lowest BCUT2D eigenvalue weighted by atomic mass is 10.2. The Bertz CT molecular complexity index is 405. The highest BCUT2D eigenvalue weighted by atomic mass is 16.5. The van der Waals surface area contributed by atoms with E-state index in [0.29, 0.717) is 32.9 Å². The van der Waals surface area contributed by atoms with Gasteiger partial charge in [0.25, 0.3) is 0 Å². The molecule has 5 heteroatoms. The van der Waals surface area contributed by atoms with Crippen molar-refractivity contribution in [3.8, 4) is 5.75 Å². The molecule has 0 saturated heterocycles. The normalized spacial score (nSPS) is 10.4. The number of benzene rings is 1. The quantitative estimate of drug-likeness (QED) is 0.663. The Kier molecular flexibility index (Phi) is 8.47. The first-order valence-electron chi connectivity index (χ1n) is 7.27. The number of carbonyl (C=O) groups excluding carboxylic acids is 1. The lowest BCUT2D eigenvalue weighted by Crippen LogP contribution is -2.36. The maximum Gasteiger partial charge on any atom is 0.248 e. The Morgan fingerprint density at radius 3 is 2.43 bits per heavy atom. The molecule has 0 fully saturated rings. The van der Waals surface area contributed by atoms with Crippen LogP contribution in [0.2, 0.25) is 0 Å². The van der Waals surface area contributed by atoms with E-state index in [0.717, 1.165) is 11.3 Å². The third-order valence-electron chi connectivity index (χ3n) is 2.96. The second-order valence-corrected chi connectivity index (χ2v) is 4.52. The summed E-state index contributed by atoms with van der Waals surface area (Å²) < 4.78 is 15.7. The molecule has 0 heterocycles. The first-order chi connectivity index (χ1) is 10.2. The molecule has 1 aromatic rings. The van der Waals surface area contributed by atoms with Crippen molar-refractivity contribution in [2.24, 2.45) is 0 Å². The van der Waals surface area contributed by atoms with Crippen LogP contribution < -0.4 is 4.74 Å². The van der Waals surface area contributed by atoms with Gasteiger partial charge in [-0.1, -0.05) is 12.1 Å². The number of amides is 1. The zero-order valence-corrected chi connectivity index (χ0v) is 13.1. The van der Waals surface area contributed by atoms with Crippen molar-refractivity contribution in [2.75, 3.05) is 40.1 Å². The van der Waals surface area contributed by atoms with E-state index in [-0.39, 0.29) is 12.5 Å². The first kappa shape index (κ1) is 17.5. The molecular formula is C16H25NO4. The summed E-state index contributed by atoms with van der Waals surface area (Å²) >= 11 is 0. The fourth-order valence-electron chi connectivity index (χ4n) is 1.85. The van der Waals surface area contributed by atoms with Crippen molar-refractivity contribution in [3.05, 3.63) is 29.8 Å². The predicted octanol–water partition coefficient (Wildman–Crippen LogP) is 2.10. The van der Waals surface area contributed by atoms with Gasteiger partial charge in [-0.15, -0.1) is 0 Å². The maximum atomic E-state index is 12.1. The molecule has 0 N–H and O–H groups in total. The molecule has 0 aliphatic heterocycles. The van der Waals surface area contributed by atoms with Crippen LogP contribution in [0.5, 0.6) is 5.75 Å². The van der Waals surface area contributed by atoms with Crippen LogP contribution in [0, 0.1) is 0 Å². The van der Waals surface area contributed by atoms with Gasteiger partial charge in [0.15, 0.2) is 0 Å². The van der Waals surface area contributed by atoms with Crippen LogP contribution in [0.15, 0.2) is 24.3 Å². The summed E-state index contributed by atoms with van der Waals surface area (Å²) in [5, 5.41) is 0. The molecule has 118 valence electrons. The summed E-state index contributed by atoms with van der Waals surface area (Å²) in [5.74, 6) is 0.813. The van der Waals surface area contributed by atoms with Crippen LogP contribution in [0.4, 0.5) is 0 Å². The molecule has 1 aromatic carbocycles. The molecular weight excluding hydrogens is 270 g/mol. The zero-order valence-electron chi connectivity index (χ0n) is 13.1. The van der Waals surface area contributed by atoms with Crippen LogP contribution >= 0.6 is 0 Å². The van der Waals surface area contributed by atoms with E-state index in [1.807, 2.05) is 38.1 Å². The summed E-state index contributed by atoms with van der Waals surface area (Å²) in [7, 11) is 1.63. The Hall–Kier alpha value is -1.59. The summed E-state index contributed by atoms with van der Waals surface area (Å²) in [6.07, 6.45) is 0. The van der Waals surface area contributed by atoms with E-state index in [9.17, 15) is 4.79 Å². The van der Waals surface area contributed by atoms with Gasteiger partial charge in [-0.2, -0.15) is 0 Å². The van der Waals surface area contributed by atoms with Gasteiger partial charge in [-0.05, 0) is 31.5 Å². The van der Waals surface area contributed by atoms with E-state index >= 15 is 0 Å². The fourth-order valence-corrected chi connectivity index (χ4v) is 1.85. The smallest absolute Gasteiger partial charge is 0.248 e. The van der Waals surface area contributed by atoms with Gasteiger partial charge in [-0.3, -0.25) is 4.79 Å². The fraction of sp³-hybridized carbons (Fsp3) is 0.562. The summed E-state index contributed by atoms with van der Waals surface area (Å²) in [4.78, 5) is 13.8. The minimum absolute atomic E-state index is 0.0252. The van der Waals surface area contributed by atoms with E-state index in [1.165, 1.54) is 0 Å². The van der Waals surface area contributed by atoms with Gasteiger partial charge in [0.1, 0.15) is 12.4 Å². The number of methoxy groups -OCH3 is 1. The molecule has 1 amide bonds. The topological polar surface area (TPSA) is 48.0 Å². The molecule has 0 aliphatic carbocycles. The van der Waals surface area contributed by atoms with Crippen LogP contribution in [-0.4, -0.2) is 50.9 Å². The zero-order chi connectivity index (χ0) is 15.5. The minimum atomic E-state index is -0.0252. The van der Waals surface area contributed by atoms with Gasteiger partial charge in [0.2, 0.25) is 5.91 Å². The number of nitrogens with zero attached hydrogens (tertiary/aromatic N) is 1. The average Bonchev–Trinajstić information content (AvgIpc) is 2.51. The molecule has 0 atom stereocenters. The van der Waals surface area contributed by atoms with Crippen molar-refractivity contribution in [1.82, 2.24) is 4.90 Å². The Balaban J connectivity index is 2.63. The second-order valence-electron chi connectivity index (χ2n) is 4.52. The van der Waals surface area contributed by atoms with Crippen LogP contribution in [0.3, 0.4) is 0 Å². The number of ether oxygens (including phenoxy) is 3. The third-order valence-corrected chi connectivity index (χ3v) is 2.96. The van der Waals surface area contributed by atoms with Crippen molar-refractivity contribution < 1.29 is 19.0 Å². The molecule has 0 spiro atoms. The van der Waals surface area contributed by atoms with E-state index in [1.54, 1.807) is 12.0 Å². The molecule has 0 radical (unpaired) electrons. The molecule has 5 nitrogen and oxygen atoms in total. The SMILES string of the molecule is CCOCC(=O)N(CCOC)Cc1ccc(OCC)cc1. The lowest BCUT2D eigenvalue weighted by Gasteiger charge is -2.22. The number of hydrogen-bond donors (Lipinski definition) is 0. The third kappa shape index (κ3) is 6.60. The largest absolute Gasteiger partial charge is 0.494 e. The average molecular weight is 295 g/mol. The van der Waals surface area contributed by atoms with Crippen LogP contribution in [-0.2, 0) is 20.8 Å². The highest BCUT2D eigenvalue weighted by Gasteiger charge is 2.13. The van der Waals surface area contributed by atoms with Gasteiger partial charge >= 0.3 is 0 Å². The van der Waals surface area contributed by atoms with E-state index < -0.39 is 0 Å². The molecule has 0 unspecified atom stereocenters. The number of rotatable bonds is 10. The van der Waals surface area contributed by atoms with Crippen molar-refractivity contribution in [1.29, 1.82) is 0 Å². The van der Waals surface area contributed by atoms with Crippen LogP contribution in [0.25, 0.3) is 0 Å². The molecule has 0 bridgehead atoms. The minimum Gasteiger partial charge on any atom is -0.494 e. The van der Waals surface area contributed by atoms with Gasteiger partial charge in [-0.25, -0.2) is 0 Å². The van der Waals surface area contributed by atoms with Gasteiger partial charge in [0, 0.05) is 26.8 Å². The maximum absolute atomic E-state index is 12.1. The van der Waals surface area contributed by atoms with E-state index in [4.69, 9.17) is 14.2 Å². The summed E-state index contributed by atoms with van der Waals surface area (Å²) in [6.45, 7) is 6.72. The van der Waals surface area contributed by atoms with Crippen molar-refractivity contribution in [2.45, 2.75) is 20.4 Å². The molecule has 0 saturated carbocycles. The highest BCUT2D eigenvalue weighted by Crippen LogP contribution is 2.13. The monoisotopic (exact) mass is 295 g/mol. The number of hydrogen-bond acceptors (Lipinski definition) is 4. The second kappa shape index (κ2) is 10.2. The van der Waals surface area contributed by atoms with E-state index in [2.05, 4.69) is 0 Å². The Morgan fingerprint density at radius 1 is 1.14 bits per heavy atom. The van der Waals surface area contributed by atoms with Gasteiger partial charge < -0.3 is 19.1 Å². The Labute approximate surface area is 126 Å². The Morgan fingerprint density at radius 2 is 1.86 bits per heavy atom. The predicted molar refractivity (Wildman–Crippen MR) is 81.4 cm³/mol. The van der Waals surface area contributed by atoms with Crippen LogP contribution in [0.1, 0.15) is 19.4 Å². The number of carbonyl (C=O) groups is 1. The van der Waals surface area contributed by atoms with Crippen molar-refractivity contribution in [3.63, 3.8) is 0 Å². The molecule has 1 rings (SSSR count). The highest BCUT2D eigenvalue weighted by molar-refractivity contribution is 5.77. The van der Waals surface area contributed by atoms with Crippen molar-refractivity contribution >= 4 is 5.91 Å². The standard InChI is InChI=1S/C16H25NO4/c1-4-20-13-16(18)17(10-11-19-3)12-14-6-8-15(9-7-14)21-5-2/h6-9H,4-5,10-13H2,1-3H3. The molecule has 0 aliphatic rings.